The van der Waals surface area contributed by atoms with E-state index in [9.17, 15) is 14.4 Å². The smallest absolute Gasteiger partial charge is 0.335 e. The standard InChI is InChI=1S/C21H20BrN3O4/c1-4-29-15-8-6-14(7-9-15)25-20(27)16(19(26)23-21(25)28)11-13-5-10-18(24(2)3)17(22)12-13/h5-12H,4H2,1-3H3,(H,23,26,28)/b16-11-. The van der Waals surface area contributed by atoms with Crippen molar-refractivity contribution in [1.29, 1.82) is 0 Å². The summed E-state index contributed by atoms with van der Waals surface area (Å²) in [7, 11) is 3.83. The van der Waals surface area contributed by atoms with E-state index in [1.54, 1.807) is 36.4 Å². The third kappa shape index (κ3) is 4.32. The number of barbiturate groups is 1. The van der Waals surface area contributed by atoms with Gasteiger partial charge in [-0.25, -0.2) is 9.69 Å². The van der Waals surface area contributed by atoms with Gasteiger partial charge in [0.25, 0.3) is 11.8 Å². The van der Waals surface area contributed by atoms with Gasteiger partial charge in [0.15, 0.2) is 0 Å². The number of carbonyl (C=O) groups is 3. The van der Waals surface area contributed by atoms with Crippen molar-refractivity contribution >= 4 is 51.2 Å². The summed E-state index contributed by atoms with van der Waals surface area (Å²) >= 11 is 3.49. The zero-order chi connectivity index (χ0) is 21.1. The Morgan fingerprint density at radius 2 is 1.79 bits per heavy atom. The fourth-order valence-electron chi connectivity index (χ4n) is 2.89. The summed E-state index contributed by atoms with van der Waals surface area (Å²) in [5.41, 5.74) is 1.83. The summed E-state index contributed by atoms with van der Waals surface area (Å²) in [6.07, 6.45) is 1.47. The molecule has 3 rings (SSSR count). The van der Waals surface area contributed by atoms with E-state index in [0.717, 1.165) is 15.1 Å². The number of hydrogen-bond acceptors (Lipinski definition) is 5. The molecule has 150 valence electrons. The van der Waals surface area contributed by atoms with Crippen LogP contribution in [0.15, 0.2) is 52.5 Å². The molecule has 1 fully saturated rings. The molecule has 1 heterocycles. The first-order valence-electron chi connectivity index (χ1n) is 8.93. The van der Waals surface area contributed by atoms with Gasteiger partial charge in [-0.05, 0) is 70.9 Å². The number of rotatable bonds is 5. The van der Waals surface area contributed by atoms with Crippen LogP contribution in [0, 0.1) is 0 Å². The summed E-state index contributed by atoms with van der Waals surface area (Å²) in [4.78, 5) is 40.4. The van der Waals surface area contributed by atoms with E-state index in [1.807, 2.05) is 32.0 Å². The van der Waals surface area contributed by atoms with Crippen LogP contribution in [0.1, 0.15) is 12.5 Å². The van der Waals surface area contributed by atoms with Crippen molar-refractivity contribution in [3.05, 3.63) is 58.1 Å². The Morgan fingerprint density at radius 3 is 2.38 bits per heavy atom. The van der Waals surface area contributed by atoms with Gasteiger partial charge >= 0.3 is 6.03 Å². The third-order valence-electron chi connectivity index (χ3n) is 4.27. The van der Waals surface area contributed by atoms with E-state index in [-0.39, 0.29) is 5.57 Å². The van der Waals surface area contributed by atoms with Gasteiger partial charge in [-0.15, -0.1) is 0 Å². The van der Waals surface area contributed by atoms with Crippen molar-refractivity contribution in [3.8, 4) is 5.75 Å². The topological polar surface area (TPSA) is 79.0 Å². The molecule has 0 radical (unpaired) electrons. The van der Waals surface area contributed by atoms with Gasteiger partial charge in [0.05, 0.1) is 18.0 Å². The number of ether oxygens (including phenoxy) is 1. The highest BCUT2D eigenvalue weighted by atomic mass is 79.9. The van der Waals surface area contributed by atoms with Gasteiger partial charge in [0, 0.05) is 18.6 Å². The highest BCUT2D eigenvalue weighted by Crippen LogP contribution is 2.28. The molecule has 0 saturated carbocycles. The van der Waals surface area contributed by atoms with Crippen LogP contribution in [0.5, 0.6) is 5.75 Å². The number of hydrogen-bond donors (Lipinski definition) is 1. The SMILES string of the molecule is CCOc1ccc(N2C(=O)NC(=O)/C(=C/c3ccc(N(C)C)c(Br)c3)C2=O)cc1. The predicted molar refractivity (Wildman–Crippen MR) is 115 cm³/mol. The van der Waals surface area contributed by atoms with Crippen LogP contribution in [0.3, 0.4) is 0 Å². The second-order valence-corrected chi connectivity index (χ2v) is 7.34. The van der Waals surface area contributed by atoms with Crippen molar-refractivity contribution in [2.45, 2.75) is 6.92 Å². The molecule has 7 nitrogen and oxygen atoms in total. The zero-order valence-corrected chi connectivity index (χ0v) is 17.8. The average molecular weight is 458 g/mol. The fourth-order valence-corrected chi connectivity index (χ4v) is 3.64. The number of halogens is 1. The lowest BCUT2D eigenvalue weighted by molar-refractivity contribution is -0.122. The molecule has 4 amide bonds. The fraction of sp³-hybridized carbons (Fsp3) is 0.190. The normalized spacial score (nSPS) is 15.5. The summed E-state index contributed by atoms with van der Waals surface area (Å²) in [5.74, 6) is -0.787. The van der Waals surface area contributed by atoms with E-state index in [2.05, 4.69) is 21.2 Å². The van der Waals surface area contributed by atoms with Crippen molar-refractivity contribution in [2.75, 3.05) is 30.5 Å². The number of carbonyl (C=O) groups excluding carboxylic acids is 3. The van der Waals surface area contributed by atoms with Gasteiger partial charge in [0.1, 0.15) is 11.3 Å². The minimum Gasteiger partial charge on any atom is -0.494 e. The quantitative estimate of drug-likeness (QED) is 0.548. The van der Waals surface area contributed by atoms with E-state index in [1.165, 1.54) is 6.08 Å². The number of amides is 4. The summed E-state index contributed by atoms with van der Waals surface area (Å²) < 4.78 is 6.20. The largest absolute Gasteiger partial charge is 0.494 e. The number of nitrogens with zero attached hydrogens (tertiary/aromatic N) is 2. The van der Waals surface area contributed by atoms with E-state index >= 15 is 0 Å². The van der Waals surface area contributed by atoms with Crippen LogP contribution in [-0.4, -0.2) is 38.5 Å². The van der Waals surface area contributed by atoms with Crippen LogP contribution in [0.2, 0.25) is 0 Å². The van der Waals surface area contributed by atoms with Crippen LogP contribution in [0.25, 0.3) is 6.08 Å². The first kappa shape index (κ1) is 20.6. The monoisotopic (exact) mass is 457 g/mol. The van der Waals surface area contributed by atoms with E-state index < -0.39 is 17.8 Å². The highest BCUT2D eigenvalue weighted by molar-refractivity contribution is 9.10. The maximum atomic E-state index is 12.9. The molecule has 29 heavy (non-hydrogen) atoms. The molecular formula is C21H20BrN3O4. The molecule has 0 atom stereocenters. The zero-order valence-electron chi connectivity index (χ0n) is 16.2. The average Bonchev–Trinajstić information content (AvgIpc) is 2.66. The molecule has 0 aromatic heterocycles. The Hall–Kier alpha value is -3.13. The minimum absolute atomic E-state index is 0.122. The second-order valence-electron chi connectivity index (χ2n) is 6.49. The number of urea groups is 1. The van der Waals surface area contributed by atoms with Gasteiger partial charge < -0.3 is 9.64 Å². The molecule has 1 aliphatic rings. The number of benzene rings is 2. The number of anilines is 2. The van der Waals surface area contributed by atoms with Crippen LogP contribution >= 0.6 is 15.9 Å². The van der Waals surface area contributed by atoms with Crippen LogP contribution in [-0.2, 0) is 9.59 Å². The minimum atomic E-state index is -0.787. The third-order valence-corrected chi connectivity index (χ3v) is 4.91. The van der Waals surface area contributed by atoms with Gasteiger partial charge in [0.2, 0.25) is 0 Å². The molecule has 1 saturated heterocycles. The highest BCUT2D eigenvalue weighted by Gasteiger charge is 2.36. The summed E-state index contributed by atoms with van der Waals surface area (Å²) in [5, 5.41) is 2.22. The molecule has 1 N–H and O–H groups in total. The lowest BCUT2D eigenvalue weighted by atomic mass is 10.1. The first-order chi connectivity index (χ1) is 13.8. The van der Waals surface area contributed by atoms with Crippen molar-refractivity contribution in [2.24, 2.45) is 0 Å². The maximum absolute atomic E-state index is 12.9. The Labute approximate surface area is 177 Å². The summed E-state index contributed by atoms with van der Waals surface area (Å²) in [6, 6.07) is 11.2. The Kier molecular flexibility index (Phi) is 6.03. The van der Waals surface area contributed by atoms with Crippen LogP contribution in [0.4, 0.5) is 16.2 Å². The molecule has 0 unspecified atom stereocenters. The molecule has 0 bridgehead atoms. The van der Waals surface area contributed by atoms with Crippen molar-refractivity contribution in [3.63, 3.8) is 0 Å². The Morgan fingerprint density at radius 1 is 1.10 bits per heavy atom. The Balaban J connectivity index is 1.94. The second kappa shape index (κ2) is 8.48. The molecule has 0 spiro atoms. The Bertz CT molecular complexity index is 999. The predicted octanol–water partition coefficient (Wildman–Crippen LogP) is 3.58. The van der Waals surface area contributed by atoms with Crippen molar-refractivity contribution in [1.82, 2.24) is 5.32 Å². The van der Waals surface area contributed by atoms with Crippen molar-refractivity contribution < 1.29 is 19.1 Å². The summed E-state index contributed by atoms with van der Waals surface area (Å²) in [6.45, 7) is 2.37. The number of nitrogens with one attached hydrogen (secondary N) is 1. The molecule has 1 aliphatic heterocycles. The molecule has 8 heteroatoms. The molecule has 2 aromatic rings. The number of imide groups is 2. The molecule has 0 aliphatic carbocycles. The maximum Gasteiger partial charge on any atom is 0.335 e. The lowest BCUT2D eigenvalue weighted by Gasteiger charge is -2.26. The van der Waals surface area contributed by atoms with Gasteiger partial charge in [-0.2, -0.15) is 0 Å². The molecular weight excluding hydrogens is 438 g/mol. The van der Waals surface area contributed by atoms with Gasteiger partial charge in [-0.1, -0.05) is 6.07 Å². The van der Waals surface area contributed by atoms with E-state index in [4.69, 9.17) is 4.74 Å². The van der Waals surface area contributed by atoms with Crippen LogP contribution < -0.4 is 19.9 Å². The lowest BCUT2D eigenvalue weighted by Crippen LogP contribution is -2.54. The van der Waals surface area contributed by atoms with Gasteiger partial charge in [-0.3, -0.25) is 14.9 Å². The molecule has 2 aromatic carbocycles. The first-order valence-corrected chi connectivity index (χ1v) is 9.72. The van der Waals surface area contributed by atoms with E-state index in [0.29, 0.717) is 23.6 Å².